The molecule has 0 radical (unpaired) electrons. The van der Waals surface area contributed by atoms with Crippen LogP contribution in [0.1, 0.15) is 29.2 Å². The lowest BCUT2D eigenvalue weighted by Crippen LogP contribution is -2.26. The monoisotopic (exact) mass is 342 g/mol. The standard InChI is InChI=1S/C17H15BrN2O/c18-14-4-5-17-15(9-14)16(6-7-21-17)20-11-13-3-1-2-12(8-13)10-19/h1-5,8-9,16,20H,6-7,11H2. The zero-order chi connectivity index (χ0) is 14.7. The van der Waals surface area contributed by atoms with Crippen molar-refractivity contribution in [1.29, 1.82) is 5.26 Å². The molecule has 106 valence electrons. The first-order chi connectivity index (χ1) is 10.3. The largest absolute Gasteiger partial charge is 0.493 e. The van der Waals surface area contributed by atoms with Crippen LogP contribution in [0, 0.1) is 11.3 Å². The molecule has 1 unspecified atom stereocenters. The number of rotatable bonds is 3. The van der Waals surface area contributed by atoms with Crippen molar-refractivity contribution in [3.63, 3.8) is 0 Å². The molecule has 1 N–H and O–H groups in total. The molecule has 1 heterocycles. The molecular weight excluding hydrogens is 328 g/mol. The number of benzene rings is 2. The molecule has 0 aliphatic carbocycles. The highest BCUT2D eigenvalue weighted by Gasteiger charge is 2.21. The zero-order valence-electron chi connectivity index (χ0n) is 11.5. The fraction of sp³-hybridized carbons (Fsp3) is 0.235. The molecule has 0 amide bonds. The number of nitrogens with zero attached hydrogens (tertiary/aromatic N) is 1. The van der Waals surface area contributed by atoms with Crippen molar-refractivity contribution in [2.45, 2.75) is 19.0 Å². The van der Waals surface area contributed by atoms with Crippen LogP contribution < -0.4 is 10.1 Å². The van der Waals surface area contributed by atoms with Gasteiger partial charge in [-0.3, -0.25) is 0 Å². The van der Waals surface area contributed by atoms with Gasteiger partial charge in [-0.25, -0.2) is 0 Å². The van der Waals surface area contributed by atoms with Gasteiger partial charge in [0.05, 0.1) is 18.2 Å². The summed E-state index contributed by atoms with van der Waals surface area (Å²) in [5, 5.41) is 12.5. The Morgan fingerprint density at radius 2 is 2.19 bits per heavy atom. The number of hydrogen-bond acceptors (Lipinski definition) is 3. The van der Waals surface area contributed by atoms with Crippen LogP contribution in [-0.4, -0.2) is 6.61 Å². The van der Waals surface area contributed by atoms with Crippen LogP contribution in [0.15, 0.2) is 46.9 Å². The number of nitrogens with one attached hydrogen (secondary N) is 1. The van der Waals surface area contributed by atoms with E-state index < -0.39 is 0 Å². The molecule has 0 saturated carbocycles. The van der Waals surface area contributed by atoms with E-state index in [0.717, 1.165) is 35.4 Å². The lowest BCUT2D eigenvalue weighted by Gasteiger charge is -2.27. The first-order valence-electron chi connectivity index (χ1n) is 6.91. The smallest absolute Gasteiger partial charge is 0.124 e. The van der Waals surface area contributed by atoms with Crippen molar-refractivity contribution >= 4 is 15.9 Å². The summed E-state index contributed by atoms with van der Waals surface area (Å²) in [6.07, 6.45) is 0.946. The Labute approximate surface area is 132 Å². The summed E-state index contributed by atoms with van der Waals surface area (Å²) in [5.41, 5.74) is 3.01. The van der Waals surface area contributed by atoms with Crippen molar-refractivity contribution in [1.82, 2.24) is 5.32 Å². The van der Waals surface area contributed by atoms with E-state index in [1.165, 1.54) is 5.56 Å². The van der Waals surface area contributed by atoms with E-state index in [2.05, 4.69) is 33.4 Å². The van der Waals surface area contributed by atoms with Gasteiger partial charge in [0.1, 0.15) is 5.75 Å². The maximum absolute atomic E-state index is 8.95. The van der Waals surface area contributed by atoms with E-state index in [1.807, 2.05) is 36.4 Å². The third-order valence-corrected chi connectivity index (χ3v) is 4.11. The van der Waals surface area contributed by atoms with E-state index in [0.29, 0.717) is 5.56 Å². The summed E-state index contributed by atoms with van der Waals surface area (Å²) in [4.78, 5) is 0. The van der Waals surface area contributed by atoms with Crippen LogP contribution in [0.2, 0.25) is 0 Å². The second-order valence-electron chi connectivity index (χ2n) is 5.06. The van der Waals surface area contributed by atoms with E-state index in [9.17, 15) is 0 Å². The second-order valence-corrected chi connectivity index (χ2v) is 5.98. The molecule has 21 heavy (non-hydrogen) atoms. The topological polar surface area (TPSA) is 45.0 Å². The Morgan fingerprint density at radius 1 is 1.29 bits per heavy atom. The van der Waals surface area contributed by atoms with Crippen LogP contribution in [0.4, 0.5) is 0 Å². The van der Waals surface area contributed by atoms with E-state index >= 15 is 0 Å². The summed E-state index contributed by atoms with van der Waals surface area (Å²) in [6, 6.07) is 16.3. The third-order valence-electron chi connectivity index (χ3n) is 3.62. The maximum Gasteiger partial charge on any atom is 0.124 e. The average molecular weight is 343 g/mol. The Hall–Kier alpha value is -1.83. The summed E-state index contributed by atoms with van der Waals surface area (Å²) in [7, 11) is 0. The van der Waals surface area contributed by atoms with Gasteiger partial charge in [0.2, 0.25) is 0 Å². The number of hydrogen-bond donors (Lipinski definition) is 1. The van der Waals surface area contributed by atoms with Gasteiger partial charge < -0.3 is 10.1 Å². The summed E-state index contributed by atoms with van der Waals surface area (Å²) in [5.74, 6) is 0.952. The highest BCUT2D eigenvalue weighted by molar-refractivity contribution is 9.10. The molecule has 0 saturated heterocycles. The lowest BCUT2D eigenvalue weighted by molar-refractivity contribution is 0.252. The minimum atomic E-state index is 0.275. The van der Waals surface area contributed by atoms with Gasteiger partial charge in [-0.15, -0.1) is 0 Å². The van der Waals surface area contributed by atoms with Crippen molar-refractivity contribution in [3.05, 3.63) is 63.6 Å². The molecule has 1 atom stereocenters. The molecule has 3 rings (SSSR count). The molecule has 1 aliphatic rings. The number of fused-ring (bicyclic) bond motifs is 1. The SMILES string of the molecule is N#Cc1cccc(CNC2CCOc3ccc(Br)cc32)c1. The summed E-state index contributed by atoms with van der Waals surface area (Å²) >= 11 is 3.51. The van der Waals surface area contributed by atoms with Crippen LogP contribution in [0.25, 0.3) is 0 Å². The molecule has 2 aromatic carbocycles. The van der Waals surface area contributed by atoms with Crippen molar-refractivity contribution in [3.8, 4) is 11.8 Å². The van der Waals surface area contributed by atoms with Gasteiger partial charge in [0.25, 0.3) is 0 Å². The second kappa shape index (κ2) is 6.30. The molecule has 4 heteroatoms. The van der Waals surface area contributed by atoms with Gasteiger partial charge in [-0.05, 0) is 35.9 Å². The highest BCUT2D eigenvalue weighted by atomic mass is 79.9. The van der Waals surface area contributed by atoms with Gasteiger partial charge in [0, 0.05) is 29.0 Å². The number of halogens is 1. The van der Waals surface area contributed by atoms with E-state index in [-0.39, 0.29) is 6.04 Å². The average Bonchev–Trinajstić information content (AvgIpc) is 2.53. The Bertz CT molecular complexity index is 693. The van der Waals surface area contributed by atoms with Gasteiger partial charge in [-0.1, -0.05) is 28.1 Å². The predicted molar refractivity (Wildman–Crippen MR) is 85.0 cm³/mol. The summed E-state index contributed by atoms with van der Waals surface area (Å²) in [6.45, 7) is 1.47. The van der Waals surface area contributed by atoms with Gasteiger partial charge in [0.15, 0.2) is 0 Å². The summed E-state index contributed by atoms with van der Waals surface area (Å²) < 4.78 is 6.75. The lowest BCUT2D eigenvalue weighted by atomic mass is 10.00. The Morgan fingerprint density at radius 3 is 3.05 bits per heavy atom. The fourth-order valence-electron chi connectivity index (χ4n) is 2.57. The normalized spacial score (nSPS) is 16.7. The third kappa shape index (κ3) is 3.26. The number of nitriles is 1. The van der Waals surface area contributed by atoms with Crippen molar-refractivity contribution in [2.75, 3.05) is 6.61 Å². The molecule has 0 aromatic heterocycles. The Balaban J connectivity index is 1.75. The molecule has 3 nitrogen and oxygen atoms in total. The van der Waals surface area contributed by atoms with E-state index in [1.54, 1.807) is 0 Å². The quantitative estimate of drug-likeness (QED) is 0.918. The zero-order valence-corrected chi connectivity index (χ0v) is 13.1. The minimum Gasteiger partial charge on any atom is -0.493 e. The first-order valence-corrected chi connectivity index (χ1v) is 7.70. The Kier molecular flexibility index (Phi) is 4.23. The van der Waals surface area contributed by atoms with Crippen LogP contribution in [0.5, 0.6) is 5.75 Å². The fourth-order valence-corrected chi connectivity index (χ4v) is 2.95. The van der Waals surface area contributed by atoms with Crippen LogP contribution >= 0.6 is 15.9 Å². The molecule has 1 aliphatic heterocycles. The first kappa shape index (κ1) is 14.1. The van der Waals surface area contributed by atoms with E-state index in [4.69, 9.17) is 10.00 Å². The number of ether oxygens (including phenoxy) is 1. The highest BCUT2D eigenvalue weighted by Crippen LogP contribution is 2.34. The molecule has 2 aromatic rings. The van der Waals surface area contributed by atoms with Crippen LogP contribution in [0.3, 0.4) is 0 Å². The molecule has 0 spiro atoms. The van der Waals surface area contributed by atoms with Gasteiger partial charge in [-0.2, -0.15) is 5.26 Å². The molecule has 0 bridgehead atoms. The molecule has 0 fully saturated rings. The maximum atomic E-state index is 8.95. The minimum absolute atomic E-state index is 0.275. The van der Waals surface area contributed by atoms with Crippen LogP contribution in [-0.2, 0) is 6.54 Å². The molecular formula is C17H15BrN2O. The van der Waals surface area contributed by atoms with Crippen molar-refractivity contribution in [2.24, 2.45) is 0 Å². The van der Waals surface area contributed by atoms with Crippen molar-refractivity contribution < 1.29 is 4.74 Å². The van der Waals surface area contributed by atoms with Gasteiger partial charge >= 0.3 is 0 Å². The predicted octanol–water partition coefficient (Wildman–Crippen LogP) is 3.93.